The number of carbonyl (C=O) groups is 1. The summed E-state index contributed by atoms with van der Waals surface area (Å²) in [5.74, 6) is -0.973. The lowest BCUT2D eigenvalue weighted by Gasteiger charge is -1.99. The first-order valence-electron chi connectivity index (χ1n) is 5.91. The highest BCUT2D eigenvalue weighted by Crippen LogP contribution is 2.27. The number of aromatic nitrogens is 2. The molecule has 0 aliphatic rings. The van der Waals surface area contributed by atoms with Crippen molar-refractivity contribution in [3.63, 3.8) is 0 Å². The Balaban J connectivity index is 2.17. The van der Waals surface area contributed by atoms with Crippen molar-refractivity contribution >= 4 is 16.9 Å². The second-order valence-electron chi connectivity index (χ2n) is 4.33. The molecule has 0 unspecified atom stereocenters. The van der Waals surface area contributed by atoms with E-state index in [2.05, 4.69) is 16.3 Å². The molecule has 5 nitrogen and oxygen atoms in total. The number of carboxylic acids is 1. The third-order valence-corrected chi connectivity index (χ3v) is 3.10. The summed E-state index contributed by atoms with van der Waals surface area (Å²) in [7, 11) is 0. The lowest BCUT2D eigenvalue weighted by Crippen LogP contribution is -1.94. The van der Waals surface area contributed by atoms with Crippen molar-refractivity contribution in [2.75, 3.05) is 0 Å². The number of nitrogens with zero attached hydrogens (tertiary/aromatic N) is 2. The van der Waals surface area contributed by atoms with Crippen LogP contribution < -0.4 is 0 Å². The third kappa shape index (κ3) is 1.89. The fraction of sp³-hybridized carbons (Fsp3) is 0. The Morgan fingerprint density at radius 3 is 2.60 bits per heavy atom. The summed E-state index contributed by atoms with van der Waals surface area (Å²) in [6.07, 6.45) is 0. The predicted molar refractivity (Wildman–Crippen MR) is 73.2 cm³/mol. The zero-order valence-electron chi connectivity index (χ0n) is 10.3. The summed E-state index contributed by atoms with van der Waals surface area (Å²) >= 11 is 0. The largest absolute Gasteiger partial charge is 0.478 e. The van der Waals surface area contributed by atoms with E-state index >= 15 is 0 Å². The maximum Gasteiger partial charge on any atom is 0.335 e. The van der Waals surface area contributed by atoms with Gasteiger partial charge >= 0.3 is 5.97 Å². The van der Waals surface area contributed by atoms with Crippen LogP contribution >= 0.6 is 0 Å². The first-order valence-corrected chi connectivity index (χ1v) is 5.91. The van der Waals surface area contributed by atoms with Crippen molar-refractivity contribution in [2.45, 2.75) is 0 Å². The molecule has 0 saturated carbocycles. The number of H-pyrrole nitrogens is 1. The van der Waals surface area contributed by atoms with Crippen LogP contribution in [0.1, 0.15) is 15.9 Å². The zero-order chi connectivity index (χ0) is 14.1. The number of aromatic amines is 1. The van der Waals surface area contributed by atoms with Crippen LogP contribution in [-0.4, -0.2) is 21.3 Å². The predicted octanol–water partition coefficient (Wildman–Crippen LogP) is 2.80. The summed E-state index contributed by atoms with van der Waals surface area (Å²) < 4.78 is 0. The van der Waals surface area contributed by atoms with Crippen LogP contribution in [0.4, 0.5) is 0 Å². The van der Waals surface area contributed by atoms with E-state index in [1.165, 1.54) is 6.07 Å². The number of hydrogen-bond acceptors (Lipinski definition) is 3. The number of rotatable bonds is 2. The molecule has 0 amide bonds. The topological polar surface area (TPSA) is 89.8 Å². The van der Waals surface area contributed by atoms with Gasteiger partial charge in [0, 0.05) is 10.9 Å². The molecule has 0 saturated heterocycles. The molecular weight excluding hydrogens is 254 g/mol. The van der Waals surface area contributed by atoms with Gasteiger partial charge in [0.05, 0.1) is 28.4 Å². The molecule has 0 aliphatic carbocycles. The Hall–Kier alpha value is -3.13. The SMILES string of the molecule is N#Cc1ccc(-c2n[nH]c3ccc(C(=O)O)cc23)cc1. The first-order chi connectivity index (χ1) is 9.69. The van der Waals surface area contributed by atoms with E-state index in [1.54, 1.807) is 36.4 Å². The first kappa shape index (κ1) is 11.9. The van der Waals surface area contributed by atoms with E-state index in [9.17, 15) is 4.79 Å². The lowest BCUT2D eigenvalue weighted by molar-refractivity contribution is 0.0697. The van der Waals surface area contributed by atoms with Gasteiger partial charge in [0.2, 0.25) is 0 Å². The number of nitriles is 1. The molecule has 0 atom stereocenters. The fourth-order valence-electron chi connectivity index (χ4n) is 2.07. The molecule has 5 heteroatoms. The lowest BCUT2D eigenvalue weighted by atomic mass is 10.0. The minimum Gasteiger partial charge on any atom is -0.478 e. The van der Waals surface area contributed by atoms with Crippen LogP contribution in [0.5, 0.6) is 0 Å². The van der Waals surface area contributed by atoms with E-state index in [0.717, 1.165) is 16.5 Å². The monoisotopic (exact) mass is 263 g/mol. The molecule has 1 aromatic heterocycles. The van der Waals surface area contributed by atoms with Crippen LogP contribution in [0.25, 0.3) is 22.2 Å². The van der Waals surface area contributed by atoms with Gasteiger partial charge in [-0.1, -0.05) is 12.1 Å². The molecule has 0 bridgehead atoms. The van der Waals surface area contributed by atoms with Crippen molar-refractivity contribution in [2.24, 2.45) is 0 Å². The molecular formula is C15H9N3O2. The van der Waals surface area contributed by atoms with Gasteiger partial charge in [0.1, 0.15) is 0 Å². The molecule has 3 rings (SSSR count). The number of carboxylic acid groups (broad SMARTS) is 1. The van der Waals surface area contributed by atoms with E-state index in [1.807, 2.05) is 0 Å². The summed E-state index contributed by atoms with van der Waals surface area (Å²) in [5, 5.41) is 25.7. The molecule has 2 N–H and O–H groups in total. The minimum absolute atomic E-state index is 0.216. The fourth-order valence-corrected chi connectivity index (χ4v) is 2.07. The van der Waals surface area contributed by atoms with Crippen molar-refractivity contribution < 1.29 is 9.90 Å². The average Bonchev–Trinajstić information content (AvgIpc) is 2.90. The summed E-state index contributed by atoms with van der Waals surface area (Å²) in [6.45, 7) is 0. The van der Waals surface area contributed by atoms with Gasteiger partial charge in [0.25, 0.3) is 0 Å². The summed E-state index contributed by atoms with van der Waals surface area (Å²) in [6, 6.07) is 13.9. The molecule has 96 valence electrons. The van der Waals surface area contributed by atoms with Crippen molar-refractivity contribution in [3.05, 3.63) is 53.6 Å². The maximum absolute atomic E-state index is 11.0. The van der Waals surface area contributed by atoms with Gasteiger partial charge in [-0.3, -0.25) is 5.10 Å². The molecule has 1 heterocycles. The molecule has 2 aromatic carbocycles. The van der Waals surface area contributed by atoms with Gasteiger partial charge < -0.3 is 5.11 Å². The Kier molecular flexibility index (Phi) is 2.70. The van der Waals surface area contributed by atoms with Gasteiger partial charge in [-0.2, -0.15) is 10.4 Å². The van der Waals surface area contributed by atoms with Crippen LogP contribution in [-0.2, 0) is 0 Å². The Morgan fingerprint density at radius 2 is 1.95 bits per heavy atom. The normalized spacial score (nSPS) is 10.3. The second-order valence-corrected chi connectivity index (χ2v) is 4.33. The molecule has 0 radical (unpaired) electrons. The summed E-state index contributed by atoms with van der Waals surface area (Å²) in [4.78, 5) is 11.0. The van der Waals surface area contributed by atoms with Crippen LogP contribution in [0.2, 0.25) is 0 Å². The Morgan fingerprint density at radius 1 is 1.20 bits per heavy atom. The van der Waals surface area contributed by atoms with E-state index in [0.29, 0.717) is 11.3 Å². The summed E-state index contributed by atoms with van der Waals surface area (Å²) in [5.41, 5.74) is 3.06. The maximum atomic E-state index is 11.0. The highest BCUT2D eigenvalue weighted by molar-refractivity contribution is 5.98. The van der Waals surface area contributed by atoms with Gasteiger partial charge in [-0.15, -0.1) is 0 Å². The Labute approximate surface area is 114 Å². The Bertz CT molecular complexity index is 842. The molecule has 20 heavy (non-hydrogen) atoms. The smallest absolute Gasteiger partial charge is 0.335 e. The van der Waals surface area contributed by atoms with Crippen LogP contribution in [0.15, 0.2) is 42.5 Å². The second kappa shape index (κ2) is 4.52. The highest BCUT2D eigenvalue weighted by atomic mass is 16.4. The quantitative estimate of drug-likeness (QED) is 0.743. The number of hydrogen-bond donors (Lipinski definition) is 2. The van der Waals surface area contributed by atoms with E-state index in [4.69, 9.17) is 10.4 Å². The van der Waals surface area contributed by atoms with Crippen LogP contribution in [0.3, 0.4) is 0 Å². The van der Waals surface area contributed by atoms with Crippen molar-refractivity contribution in [1.82, 2.24) is 10.2 Å². The number of fused-ring (bicyclic) bond motifs is 1. The third-order valence-electron chi connectivity index (χ3n) is 3.10. The van der Waals surface area contributed by atoms with E-state index in [-0.39, 0.29) is 5.56 Å². The molecule has 0 spiro atoms. The van der Waals surface area contributed by atoms with Gasteiger partial charge in [-0.05, 0) is 30.3 Å². The van der Waals surface area contributed by atoms with Gasteiger partial charge in [-0.25, -0.2) is 4.79 Å². The van der Waals surface area contributed by atoms with Crippen LogP contribution in [0, 0.1) is 11.3 Å². The standard InChI is InChI=1S/C15H9N3O2/c16-8-9-1-3-10(4-2-9)14-12-7-11(15(19)20)5-6-13(12)17-18-14/h1-7H,(H,17,18)(H,19,20). The van der Waals surface area contributed by atoms with Gasteiger partial charge in [0.15, 0.2) is 0 Å². The number of benzene rings is 2. The van der Waals surface area contributed by atoms with Crippen molar-refractivity contribution in [3.8, 4) is 17.3 Å². The zero-order valence-corrected chi connectivity index (χ0v) is 10.3. The minimum atomic E-state index is -0.973. The number of nitrogens with one attached hydrogen (secondary N) is 1. The molecule has 3 aromatic rings. The van der Waals surface area contributed by atoms with Crippen molar-refractivity contribution in [1.29, 1.82) is 5.26 Å². The van der Waals surface area contributed by atoms with E-state index < -0.39 is 5.97 Å². The average molecular weight is 263 g/mol. The highest BCUT2D eigenvalue weighted by Gasteiger charge is 2.11. The molecule has 0 aliphatic heterocycles. The number of aromatic carboxylic acids is 1. The molecule has 0 fully saturated rings.